The van der Waals surface area contributed by atoms with Gasteiger partial charge in [0.25, 0.3) is 0 Å². The van der Waals surface area contributed by atoms with Crippen molar-refractivity contribution in [3.05, 3.63) is 65.5 Å². The molecule has 2 aliphatic heterocycles. The molecule has 1 aromatic carbocycles. The molecule has 1 saturated heterocycles. The summed E-state index contributed by atoms with van der Waals surface area (Å²) in [5, 5.41) is 0. The molecule has 0 saturated carbocycles. The Morgan fingerprint density at radius 1 is 1.08 bits per heavy atom. The molecule has 4 nitrogen and oxygen atoms in total. The van der Waals surface area contributed by atoms with Crippen molar-refractivity contribution in [3.8, 4) is 0 Å². The lowest BCUT2D eigenvalue weighted by Gasteiger charge is -2.33. The molecule has 1 atom stereocenters. The first-order valence-corrected chi connectivity index (χ1v) is 8.81. The second kappa shape index (κ2) is 6.73. The Morgan fingerprint density at radius 2 is 1.92 bits per heavy atom. The number of carbonyl (C=O) groups is 1. The fourth-order valence-electron chi connectivity index (χ4n) is 3.89. The van der Waals surface area contributed by atoms with Crippen LogP contribution in [0.15, 0.2) is 48.7 Å². The molecule has 0 aliphatic carbocycles. The van der Waals surface area contributed by atoms with Gasteiger partial charge in [-0.3, -0.25) is 14.7 Å². The van der Waals surface area contributed by atoms with Crippen molar-refractivity contribution in [1.29, 1.82) is 0 Å². The number of aromatic nitrogens is 1. The van der Waals surface area contributed by atoms with Crippen LogP contribution in [0.3, 0.4) is 0 Å². The first-order chi connectivity index (χ1) is 11.8. The van der Waals surface area contributed by atoms with E-state index in [0.29, 0.717) is 0 Å². The maximum absolute atomic E-state index is 13.1. The van der Waals surface area contributed by atoms with Crippen molar-refractivity contribution in [2.45, 2.75) is 38.4 Å². The van der Waals surface area contributed by atoms with Crippen molar-refractivity contribution in [1.82, 2.24) is 14.8 Å². The number of benzene rings is 1. The number of likely N-dealkylation sites (tertiary alicyclic amines) is 1. The van der Waals surface area contributed by atoms with Gasteiger partial charge in [0.05, 0.1) is 11.7 Å². The molecular formula is C20H23N3O. The summed E-state index contributed by atoms with van der Waals surface area (Å²) in [4.78, 5) is 21.8. The van der Waals surface area contributed by atoms with Gasteiger partial charge >= 0.3 is 0 Å². The standard InChI is InChI=1S/C20H23N3O/c24-20(23-13-10-16-6-1-2-7-17(16)14-23)19-9-5-12-22(19)15-18-8-3-4-11-21-18/h1-4,6-8,11,19H,5,9-10,12-15H2/t19-/m0/s1. The van der Waals surface area contributed by atoms with Gasteiger partial charge in [-0.05, 0) is 49.1 Å². The van der Waals surface area contributed by atoms with Crippen molar-refractivity contribution in [3.63, 3.8) is 0 Å². The summed E-state index contributed by atoms with van der Waals surface area (Å²) in [6, 6.07) is 14.5. The zero-order valence-electron chi connectivity index (χ0n) is 13.9. The summed E-state index contributed by atoms with van der Waals surface area (Å²) in [7, 11) is 0. The van der Waals surface area contributed by atoms with Gasteiger partial charge in [0.15, 0.2) is 0 Å². The number of rotatable bonds is 3. The molecule has 3 heterocycles. The van der Waals surface area contributed by atoms with Crippen LogP contribution in [0, 0.1) is 0 Å². The Bertz CT molecular complexity index is 716. The highest BCUT2D eigenvalue weighted by molar-refractivity contribution is 5.82. The molecule has 0 radical (unpaired) electrons. The number of fused-ring (bicyclic) bond motifs is 1. The highest BCUT2D eigenvalue weighted by Gasteiger charge is 2.34. The monoisotopic (exact) mass is 321 g/mol. The highest BCUT2D eigenvalue weighted by Crippen LogP contribution is 2.25. The SMILES string of the molecule is O=C([C@@H]1CCCN1Cc1ccccn1)N1CCc2ccccc2C1. The second-order valence-corrected chi connectivity index (χ2v) is 6.73. The molecule has 1 aromatic heterocycles. The average molecular weight is 321 g/mol. The maximum Gasteiger partial charge on any atom is 0.240 e. The number of pyridine rings is 1. The van der Waals surface area contributed by atoms with Crippen LogP contribution >= 0.6 is 0 Å². The first kappa shape index (κ1) is 15.3. The largest absolute Gasteiger partial charge is 0.337 e. The lowest BCUT2D eigenvalue weighted by molar-refractivity contribution is -0.137. The Morgan fingerprint density at radius 3 is 2.75 bits per heavy atom. The fraction of sp³-hybridized carbons (Fsp3) is 0.400. The number of hydrogen-bond donors (Lipinski definition) is 0. The zero-order valence-corrected chi connectivity index (χ0v) is 13.9. The number of carbonyl (C=O) groups excluding carboxylic acids is 1. The number of amides is 1. The van der Waals surface area contributed by atoms with Crippen LogP contribution in [0.4, 0.5) is 0 Å². The average Bonchev–Trinajstić information content (AvgIpc) is 3.09. The molecular weight excluding hydrogens is 298 g/mol. The Labute approximate surface area is 143 Å². The van der Waals surface area contributed by atoms with E-state index in [1.807, 2.05) is 29.3 Å². The topological polar surface area (TPSA) is 36.4 Å². The molecule has 24 heavy (non-hydrogen) atoms. The predicted octanol–water partition coefficient (Wildman–Crippen LogP) is 2.63. The van der Waals surface area contributed by atoms with Gasteiger partial charge in [0.1, 0.15) is 0 Å². The minimum absolute atomic E-state index is 0.0114. The van der Waals surface area contributed by atoms with Crippen LogP contribution in [-0.4, -0.2) is 39.8 Å². The van der Waals surface area contributed by atoms with Crippen molar-refractivity contribution in [2.75, 3.05) is 13.1 Å². The summed E-state index contributed by atoms with van der Waals surface area (Å²) in [5.41, 5.74) is 3.73. The molecule has 2 aliphatic rings. The third-order valence-electron chi connectivity index (χ3n) is 5.18. The van der Waals surface area contributed by atoms with Gasteiger partial charge in [0.2, 0.25) is 5.91 Å². The third-order valence-corrected chi connectivity index (χ3v) is 5.18. The lowest BCUT2D eigenvalue weighted by atomic mass is 9.99. The van der Waals surface area contributed by atoms with E-state index in [1.54, 1.807) is 0 Å². The van der Waals surface area contributed by atoms with Gasteiger partial charge in [-0.1, -0.05) is 30.3 Å². The van der Waals surface area contributed by atoms with Crippen LogP contribution < -0.4 is 0 Å². The zero-order chi connectivity index (χ0) is 16.4. The van der Waals surface area contributed by atoms with Crippen molar-refractivity contribution in [2.24, 2.45) is 0 Å². The van der Waals surface area contributed by atoms with Gasteiger partial charge < -0.3 is 4.90 Å². The lowest BCUT2D eigenvalue weighted by Crippen LogP contribution is -2.47. The second-order valence-electron chi connectivity index (χ2n) is 6.73. The van der Waals surface area contributed by atoms with Crippen LogP contribution in [-0.2, 0) is 24.3 Å². The Hall–Kier alpha value is -2.20. The van der Waals surface area contributed by atoms with Crippen LogP contribution in [0.25, 0.3) is 0 Å². The van der Waals surface area contributed by atoms with E-state index in [4.69, 9.17) is 0 Å². The van der Waals surface area contributed by atoms with E-state index in [1.165, 1.54) is 11.1 Å². The summed E-state index contributed by atoms with van der Waals surface area (Å²) < 4.78 is 0. The third kappa shape index (κ3) is 3.06. The number of nitrogens with zero attached hydrogens (tertiary/aromatic N) is 3. The molecule has 2 aromatic rings. The molecule has 4 rings (SSSR count). The molecule has 0 unspecified atom stereocenters. The van der Waals surface area contributed by atoms with Gasteiger partial charge in [-0.2, -0.15) is 0 Å². The van der Waals surface area contributed by atoms with E-state index >= 15 is 0 Å². The molecule has 4 heteroatoms. The quantitative estimate of drug-likeness (QED) is 0.872. The first-order valence-electron chi connectivity index (χ1n) is 8.81. The summed E-state index contributed by atoms with van der Waals surface area (Å²) in [6.07, 6.45) is 4.84. The predicted molar refractivity (Wildman–Crippen MR) is 93.2 cm³/mol. The normalized spacial score (nSPS) is 20.8. The van der Waals surface area contributed by atoms with Crippen molar-refractivity contribution >= 4 is 5.91 Å². The van der Waals surface area contributed by atoms with Crippen LogP contribution in [0.1, 0.15) is 29.7 Å². The Balaban J connectivity index is 1.46. The van der Waals surface area contributed by atoms with E-state index in [9.17, 15) is 4.79 Å². The maximum atomic E-state index is 13.1. The summed E-state index contributed by atoms with van der Waals surface area (Å²) in [5.74, 6) is 0.290. The van der Waals surface area contributed by atoms with Gasteiger partial charge in [-0.15, -0.1) is 0 Å². The van der Waals surface area contributed by atoms with E-state index in [-0.39, 0.29) is 11.9 Å². The number of hydrogen-bond acceptors (Lipinski definition) is 3. The molecule has 0 spiro atoms. The van der Waals surface area contributed by atoms with Crippen LogP contribution in [0.5, 0.6) is 0 Å². The van der Waals surface area contributed by atoms with E-state index in [0.717, 1.165) is 51.1 Å². The van der Waals surface area contributed by atoms with E-state index in [2.05, 4.69) is 34.1 Å². The Kier molecular flexibility index (Phi) is 4.30. The van der Waals surface area contributed by atoms with Gasteiger partial charge in [-0.25, -0.2) is 0 Å². The molecule has 0 N–H and O–H groups in total. The van der Waals surface area contributed by atoms with E-state index < -0.39 is 0 Å². The summed E-state index contributed by atoms with van der Waals surface area (Å²) in [6.45, 7) is 3.34. The smallest absolute Gasteiger partial charge is 0.240 e. The molecule has 1 fully saturated rings. The molecule has 1 amide bonds. The van der Waals surface area contributed by atoms with Crippen LogP contribution in [0.2, 0.25) is 0 Å². The molecule has 124 valence electrons. The highest BCUT2D eigenvalue weighted by atomic mass is 16.2. The van der Waals surface area contributed by atoms with Gasteiger partial charge in [0, 0.05) is 25.8 Å². The minimum atomic E-state index is 0.0114. The molecule has 0 bridgehead atoms. The minimum Gasteiger partial charge on any atom is -0.337 e. The fourth-order valence-corrected chi connectivity index (χ4v) is 3.89. The van der Waals surface area contributed by atoms with Crippen molar-refractivity contribution < 1.29 is 4.79 Å². The summed E-state index contributed by atoms with van der Waals surface area (Å²) >= 11 is 0.